The number of methoxy groups -OCH3 is 2. The van der Waals surface area contributed by atoms with E-state index in [0.29, 0.717) is 30.3 Å². The SMILES string of the molecule is COc1cc(NC(=O)[C@H]2[C@@H]3C=C[C@@]4(CN(Cc5ccncc5)C(=O)[C@@H]24)O3)cc(OC)c1. The number of ether oxygens (including phenoxy) is 3. The number of carbonyl (C=O) groups is 2. The van der Waals surface area contributed by atoms with Crippen LogP contribution in [0.25, 0.3) is 0 Å². The van der Waals surface area contributed by atoms with Crippen molar-refractivity contribution >= 4 is 17.5 Å². The summed E-state index contributed by atoms with van der Waals surface area (Å²) < 4.78 is 16.7. The highest BCUT2D eigenvalue weighted by molar-refractivity contribution is 5.99. The largest absolute Gasteiger partial charge is 0.497 e. The van der Waals surface area contributed by atoms with Gasteiger partial charge in [0.05, 0.1) is 38.7 Å². The Hall–Kier alpha value is -3.39. The molecule has 2 saturated heterocycles. The second kappa shape index (κ2) is 7.39. The summed E-state index contributed by atoms with van der Waals surface area (Å²) >= 11 is 0. The molecule has 0 aliphatic carbocycles. The molecule has 0 saturated carbocycles. The number of fused-ring (bicyclic) bond motifs is 1. The number of pyridine rings is 1. The van der Waals surface area contributed by atoms with E-state index in [1.54, 1.807) is 49.7 Å². The molecule has 3 aliphatic heterocycles. The van der Waals surface area contributed by atoms with Crippen LogP contribution < -0.4 is 14.8 Å². The average Bonchev–Trinajstić information content (AvgIpc) is 3.42. The molecule has 2 fully saturated rings. The maximum absolute atomic E-state index is 13.3. The van der Waals surface area contributed by atoms with Crippen LogP contribution in [-0.4, -0.2) is 54.2 Å². The van der Waals surface area contributed by atoms with Gasteiger partial charge >= 0.3 is 0 Å². The number of benzene rings is 1. The van der Waals surface area contributed by atoms with Crippen LogP contribution in [-0.2, 0) is 20.9 Å². The predicted molar refractivity (Wildman–Crippen MR) is 112 cm³/mol. The number of rotatable bonds is 6. The van der Waals surface area contributed by atoms with Gasteiger partial charge in [-0.25, -0.2) is 0 Å². The number of nitrogens with one attached hydrogen (secondary N) is 1. The van der Waals surface area contributed by atoms with Crippen LogP contribution in [0.15, 0.2) is 54.9 Å². The van der Waals surface area contributed by atoms with Crippen molar-refractivity contribution in [1.29, 1.82) is 0 Å². The zero-order chi connectivity index (χ0) is 21.6. The van der Waals surface area contributed by atoms with Crippen molar-refractivity contribution in [3.8, 4) is 11.5 Å². The van der Waals surface area contributed by atoms with Crippen LogP contribution in [0.2, 0.25) is 0 Å². The van der Waals surface area contributed by atoms with Crippen molar-refractivity contribution in [2.45, 2.75) is 18.2 Å². The maximum atomic E-state index is 13.3. The Morgan fingerprint density at radius 2 is 1.94 bits per heavy atom. The number of carbonyl (C=O) groups excluding carboxylic acids is 2. The molecule has 8 heteroatoms. The number of aromatic nitrogens is 1. The fourth-order valence-electron chi connectivity index (χ4n) is 4.83. The van der Waals surface area contributed by atoms with E-state index in [0.717, 1.165) is 5.56 Å². The van der Waals surface area contributed by atoms with Crippen LogP contribution in [0.1, 0.15) is 5.56 Å². The lowest BCUT2D eigenvalue weighted by molar-refractivity contribution is -0.136. The topological polar surface area (TPSA) is 90.0 Å². The van der Waals surface area contributed by atoms with Gasteiger partial charge in [-0.2, -0.15) is 0 Å². The highest BCUT2D eigenvalue weighted by Crippen LogP contribution is 2.52. The van der Waals surface area contributed by atoms with Gasteiger partial charge in [-0.15, -0.1) is 0 Å². The van der Waals surface area contributed by atoms with E-state index in [4.69, 9.17) is 14.2 Å². The molecule has 4 atom stereocenters. The number of likely N-dealkylation sites (tertiary alicyclic amines) is 1. The van der Waals surface area contributed by atoms with Gasteiger partial charge in [0.1, 0.15) is 17.1 Å². The Morgan fingerprint density at radius 1 is 1.23 bits per heavy atom. The molecular weight excluding hydrogens is 398 g/mol. The highest BCUT2D eigenvalue weighted by atomic mass is 16.5. The zero-order valence-electron chi connectivity index (χ0n) is 17.3. The van der Waals surface area contributed by atoms with Gasteiger partial charge < -0.3 is 24.4 Å². The minimum absolute atomic E-state index is 0.0629. The van der Waals surface area contributed by atoms with E-state index in [9.17, 15) is 9.59 Å². The fourth-order valence-corrected chi connectivity index (χ4v) is 4.83. The van der Waals surface area contributed by atoms with E-state index in [2.05, 4.69) is 10.3 Å². The molecule has 4 heterocycles. The molecule has 1 spiro atoms. The van der Waals surface area contributed by atoms with Crippen LogP contribution in [0.5, 0.6) is 11.5 Å². The van der Waals surface area contributed by atoms with Crippen LogP contribution in [0.3, 0.4) is 0 Å². The van der Waals surface area contributed by atoms with Crippen molar-refractivity contribution in [2.75, 3.05) is 26.1 Å². The Bertz CT molecular complexity index is 1030. The Kier molecular flexibility index (Phi) is 4.66. The van der Waals surface area contributed by atoms with Gasteiger partial charge in [0, 0.05) is 42.8 Å². The summed E-state index contributed by atoms with van der Waals surface area (Å²) in [6.45, 7) is 0.894. The van der Waals surface area contributed by atoms with Crippen molar-refractivity contribution in [1.82, 2.24) is 9.88 Å². The summed E-state index contributed by atoms with van der Waals surface area (Å²) in [6.07, 6.45) is 6.84. The quantitative estimate of drug-likeness (QED) is 0.718. The Balaban J connectivity index is 1.38. The molecule has 160 valence electrons. The highest BCUT2D eigenvalue weighted by Gasteiger charge is 2.66. The van der Waals surface area contributed by atoms with Gasteiger partial charge in [-0.05, 0) is 17.7 Å². The summed E-state index contributed by atoms with van der Waals surface area (Å²) in [7, 11) is 3.10. The molecule has 31 heavy (non-hydrogen) atoms. The smallest absolute Gasteiger partial charge is 0.231 e. The third-order valence-electron chi connectivity index (χ3n) is 6.22. The molecule has 2 amide bonds. The van der Waals surface area contributed by atoms with E-state index in [1.807, 2.05) is 24.3 Å². The van der Waals surface area contributed by atoms with Gasteiger partial charge in [0.15, 0.2) is 0 Å². The third kappa shape index (κ3) is 3.23. The van der Waals surface area contributed by atoms with Crippen LogP contribution in [0.4, 0.5) is 5.69 Å². The van der Waals surface area contributed by atoms with Crippen molar-refractivity contribution in [3.05, 3.63) is 60.4 Å². The number of anilines is 1. The number of hydrogen-bond acceptors (Lipinski definition) is 6. The lowest BCUT2D eigenvalue weighted by atomic mass is 9.77. The molecule has 5 rings (SSSR count). The summed E-state index contributed by atoms with van der Waals surface area (Å²) in [4.78, 5) is 32.4. The van der Waals surface area contributed by atoms with E-state index in [-0.39, 0.29) is 11.8 Å². The lowest BCUT2D eigenvalue weighted by Crippen LogP contribution is -2.41. The lowest BCUT2D eigenvalue weighted by Gasteiger charge is -2.23. The Labute approximate surface area is 179 Å². The van der Waals surface area contributed by atoms with Gasteiger partial charge in [0.25, 0.3) is 0 Å². The summed E-state index contributed by atoms with van der Waals surface area (Å²) in [6, 6.07) is 8.92. The summed E-state index contributed by atoms with van der Waals surface area (Å²) in [5.74, 6) is -0.331. The van der Waals surface area contributed by atoms with Gasteiger partial charge in [-0.3, -0.25) is 14.6 Å². The number of nitrogens with zero attached hydrogens (tertiary/aromatic N) is 2. The number of hydrogen-bond donors (Lipinski definition) is 1. The molecule has 1 N–H and O–H groups in total. The first-order valence-electron chi connectivity index (χ1n) is 10.1. The van der Waals surface area contributed by atoms with E-state index in [1.165, 1.54) is 0 Å². The molecule has 3 aliphatic rings. The standard InChI is InChI=1S/C23H23N3O5/c1-29-16-9-15(10-17(11-16)30-2)25-21(27)19-18-3-6-23(31-18)13-26(22(28)20(19)23)12-14-4-7-24-8-5-14/h3-11,18-20H,12-13H2,1-2H3,(H,25,27)/t18-,19-,20+,23-/m0/s1. The van der Waals surface area contributed by atoms with Gasteiger partial charge in [0.2, 0.25) is 11.8 Å². The van der Waals surface area contributed by atoms with E-state index < -0.39 is 23.5 Å². The molecule has 1 aromatic carbocycles. The number of amides is 2. The zero-order valence-corrected chi connectivity index (χ0v) is 17.3. The van der Waals surface area contributed by atoms with Crippen LogP contribution in [0, 0.1) is 11.8 Å². The first-order chi connectivity index (χ1) is 15.0. The first-order valence-corrected chi connectivity index (χ1v) is 10.1. The van der Waals surface area contributed by atoms with Gasteiger partial charge in [-0.1, -0.05) is 12.2 Å². The van der Waals surface area contributed by atoms with Crippen molar-refractivity contribution in [3.63, 3.8) is 0 Å². The summed E-state index contributed by atoms with van der Waals surface area (Å²) in [5.41, 5.74) is 0.784. The monoisotopic (exact) mass is 421 g/mol. The second-order valence-electron chi connectivity index (χ2n) is 8.04. The molecule has 1 aromatic heterocycles. The first kappa shape index (κ1) is 19.6. The average molecular weight is 421 g/mol. The fraction of sp³-hybridized carbons (Fsp3) is 0.348. The normalized spacial score (nSPS) is 28.0. The summed E-state index contributed by atoms with van der Waals surface area (Å²) in [5, 5.41) is 2.92. The minimum atomic E-state index is -0.747. The minimum Gasteiger partial charge on any atom is -0.497 e. The second-order valence-corrected chi connectivity index (χ2v) is 8.04. The third-order valence-corrected chi connectivity index (χ3v) is 6.22. The molecular formula is C23H23N3O5. The Morgan fingerprint density at radius 3 is 2.61 bits per heavy atom. The predicted octanol–water partition coefficient (Wildman–Crippen LogP) is 2.02. The molecule has 2 bridgehead atoms. The maximum Gasteiger partial charge on any atom is 0.231 e. The van der Waals surface area contributed by atoms with Crippen molar-refractivity contribution < 1.29 is 23.8 Å². The molecule has 0 radical (unpaired) electrons. The molecule has 8 nitrogen and oxygen atoms in total. The molecule has 0 unspecified atom stereocenters. The van der Waals surface area contributed by atoms with Crippen LogP contribution >= 0.6 is 0 Å². The molecule has 2 aromatic rings. The van der Waals surface area contributed by atoms with E-state index >= 15 is 0 Å². The van der Waals surface area contributed by atoms with Crippen molar-refractivity contribution in [2.24, 2.45) is 11.8 Å².